The van der Waals surface area contributed by atoms with Gasteiger partial charge in [-0.1, -0.05) is 30.3 Å². The van der Waals surface area contributed by atoms with Crippen molar-refractivity contribution < 1.29 is 14.3 Å². The number of benzene rings is 2. The Hall–Kier alpha value is -3.27. The number of rotatable bonds is 5. The number of nitrogens with zero attached hydrogens (tertiary/aromatic N) is 1. The minimum absolute atomic E-state index is 0.0184. The van der Waals surface area contributed by atoms with E-state index in [1.165, 1.54) is 6.08 Å². The van der Waals surface area contributed by atoms with E-state index in [4.69, 9.17) is 4.74 Å². The van der Waals surface area contributed by atoms with Crippen LogP contribution in [-0.2, 0) is 16.1 Å². The van der Waals surface area contributed by atoms with E-state index in [2.05, 4.69) is 4.98 Å². The monoisotopic (exact) mass is 373 g/mol. The van der Waals surface area contributed by atoms with E-state index in [-0.39, 0.29) is 12.4 Å². The molecule has 1 aromatic heterocycles. The molecule has 4 nitrogen and oxygen atoms in total. The van der Waals surface area contributed by atoms with Crippen molar-refractivity contribution >= 4 is 28.7 Å². The highest BCUT2D eigenvalue weighted by Gasteiger charge is 2.15. The molecule has 0 radical (unpaired) electrons. The molecule has 0 amide bonds. The van der Waals surface area contributed by atoms with Gasteiger partial charge in [-0.15, -0.1) is 0 Å². The molecule has 0 saturated carbocycles. The highest BCUT2D eigenvalue weighted by atomic mass is 16.5. The van der Waals surface area contributed by atoms with Crippen LogP contribution in [0.15, 0.2) is 48.5 Å². The lowest BCUT2D eigenvalue weighted by Crippen LogP contribution is -2.09. The fourth-order valence-electron chi connectivity index (χ4n) is 3.51. The van der Waals surface area contributed by atoms with Crippen LogP contribution in [0.2, 0.25) is 0 Å². The Morgan fingerprint density at radius 1 is 1.04 bits per heavy atom. The van der Waals surface area contributed by atoms with Gasteiger partial charge >= 0.3 is 5.97 Å². The highest BCUT2D eigenvalue weighted by molar-refractivity contribution is 5.97. The zero-order valence-electron chi connectivity index (χ0n) is 16.6. The first-order chi connectivity index (χ1) is 13.4. The summed E-state index contributed by atoms with van der Waals surface area (Å²) in [6.07, 6.45) is 3.02. The predicted molar refractivity (Wildman–Crippen MR) is 111 cm³/mol. The fourth-order valence-corrected chi connectivity index (χ4v) is 3.51. The maximum Gasteiger partial charge on any atom is 0.331 e. The van der Waals surface area contributed by atoms with Crippen LogP contribution in [-0.4, -0.2) is 16.7 Å². The molecule has 0 spiro atoms. The molecule has 0 aliphatic heterocycles. The first-order valence-corrected chi connectivity index (χ1v) is 9.18. The third-order valence-corrected chi connectivity index (χ3v) is 4.85. The standard InChI is InChI=1S/C24H23NO3/c1-15-13-16(2)24(18(4)26)17(3)21(15)14-28-23(27)12-11-20-10-9-19-7-5-6-8-22(19)25-20/h5-13H,14H2,1-4H3/b12-11+. The average Bonchev–Trinajstić information content (AvgIpc) is 2.65. The van der Waals surface area contributed by atoms with Crippen molar-refractivity contribution in [2.45, 2.75) is 34.3 Å². The van der Waals surface area contributed by atoms with Crippen molar-refractivity contribution in [3.63, 3.8) is 0 Å². The minimum atomic E-state index is -0.446. The Morgan fingerprint density at radius 2 is 1.79 bits per heavy atom. The van der Waals surface area contributed by atoms with Crippen molar-refractivity contribution in [3.05, 3.63) is 82.1 Å². The number of esters is 1. The zero-order chi connectivity index (χ0) is 20.3. The van der Waals surface area contributed by atoms with Gasteiger partial charge in [0.1, 0.15) is 6.61 Å². The van der Waals surface area contributed by atoms with E-state index in [1.807, 2.05) is 63.2 Å². The SMILES string of the molecule is CC(=O)c1c(C)cc(C)c(COC(=O)/C=C/c2ccc3ccccc3n2)c1C. The summed E-state index contributed by atoms with van der Waals surface area (Å²) in [4.78, 5) is 28.6. The lowest BCUT2D eigenvalue weighted by molar-refractivity contribution is -0.138. The Balaban J connectivity index is 1.72. The number of aryl methyl sites for hydroxylation is 2. The van der Waals surface area contributed by atoms with Gasteiger partial charge in [0, 0.05) is 17.0 Å². The summed E-state index contributed by atoms with van der Waals surface area (Å²) in [5.74, 6) is -0.427. The van der Waals surface area contributed by atoms with Crippen LogP contribution >= 0.6 is 0 Å². The number of carbonyl (C=O) groups is 2. The molecule has 4 heteroatoms. The quantitative estimate of drug-likeness (QED) is 0.354. The maximum absolute atomic E-state index is 12.2. The van der Waals surface area contributed by atoms with Gasteiger partial charge in [0.15, 0.2) is 5.78 Å². The smallest absolute Gasteiger partial charge is 0.331 e. The average molecular weight is 373 g/mol. The molecular formula is C24H23NO3. The Labute approximate surface area is 164 Å². The first kappa shape index (κ1) is 19.5. The van der Waals surface area contributed by atoms with Crippen LogP contribution in [0.4, 0.5) is 0 Å². The second-order valence-electron chi connectivity index (χ2n) is 6.91. The molecule has 3 rings (SSSR count). The first-order valence-electron chi connectivity index (χ1n) is 9.18. The number of pyridine rings is 1. The normalized spacial score (nSPS) is 11.1. The van der Waals surface area contributed by atoms with E-state index in [0.29, 0.717) is 11.3 Å². The summed E-state index contributed by atoms with van der Waals surface area (Å²) in [5.41, 5.74) is 5.97. The van der Waals surface area contributed by atoms with Gasteiger partial charge in [-0.2, -0.15) is 0 Å². The Kier molecular flexibility index (Phi) is 5.69. The molecule has 28 heavy (non-hydrogen) atoms. The second-order valence-corrected chi connectivity index (χ2v) is 6.91. The number of para-hydroxylation sites is 1. The lowest BCUT2D eigenvalue weighted by Gasteiger charge is -2.15. The molecule has 0 fully saturated rings. The molecular weight excluding hydrogens is 350 g/mol. The van der Waals surface area contributed by atoms with Gasteiger partial charge in [0.25, 0.3) is 0 Å². The maximum atomic E-state index is 12.2. The summed E-state index contributed by atoms with van der Waals surface area (Å²) < 4.78 is 5.41. The number of carbonyl (C=O) groups excluding carboxylic acids is 2. The number of Topliss-reactive ketones (excluding diaryl/α,β-unsaturated/α-hetero) is 1. The van der Waals surface area contributed by atoms with Crippen LogP contribution in [0.3, 0.4) is 0 Å². The molecule has 0 aliphatic carbocycles. The summed E-state index contributed by atoms with van der Waals surface area (Å²) in [6.45, 7) is 7.47. The second kappa shape index (κ2) is 8.17. The molecule has 1 heterocycles. The topological polar surface area (TPSA) is 56.3 Å². The molecule has 142 valence electrons. The molecule has 0 atom stereocenters. The van der Waals surface area contributed by atoms with Crippen molar-refractivity contribution in [1.82, 2.24) is 4.98 Å². The molecule has 0 bridgehead atoms. The third kappa shape index (κ3) is 4.17. The summed E-state index contributed by atoms with van der Waals surface area (Å²) >= 11 is 0. The van der Waals surface area contributed by atoms with Crippen LogP contribution in [0.1, 0.15) is 45.2 Å². The van der Waals surface area contributed by atoms with Gasteiger partial charge in [-0.3, -0.25) is 4.79 Å². The van der Waals surface area contributed by atoms with Crippen LogP contribution < -0.4 is 0 Å². The van der Waals surface area contributed by atoms with Crippen molar-refractivity contribution in [3.8, 4) is 0 Å². The van der Waals surface area contributed by atoms with E-state index in [9.17, 15) is 9.59 Å². The van der Waals surface area contributed by atoms with Crippen LogP contribution in [0.5, 0.6) is 0 Å². The van der Waals surface area contributed by atoms with Gasteiger partial charge in [-0.25, -0.2) is 9.78 Å². The zero-order valence-corrected chi connectivity index (χ0v) is 16.6. The van der Waals surface area contributed by atoms with Gasteiger partial charge in [0.05, 0.1) is 11.2 Å². The predicted octanol–water partition coefficient (Wildman–Crippen LogP) is 5.12. The van der Waals surface area contributed by atoms with E-state index in [0.717, 1.165) is 33.2 Å². The summed E-state index contributed by atoms with van der Waals surface area (Å²) in [6, 6.07) is 13.6. The number of ether oxygens (including phenoxy) is 1. The highest BCUT2D eigenvalue weighted by Crippen LogP contribution is 2.23. The van der Waals surface area contributed by atoms with Gasteiger partial charge in [0.2, 0.25) is 0 Å². The Bertz CT molecular complexity index is 1100. The van der Waals surface area contributed by atoms with E-state index >= 15 is 0 Å². The summed E-state index contributed by atoms with van der Waals surface area (Å²) in [5, 5.41) is 1.05. The molecule has 0 saturated heterocycles. The van der Waals surface area contributed by atoms with E-state index in [1.54, 1.807) is 13.0 Å². The minimum Gasteiger partial charge on any atom is -0.458 e. The number of hydrogen-bond acceptors (Lipinski definition) is 4. The van der Waals surface area contributed by atoms with Crippen molar-refractivity contribution in [1.29, 1.82) is 0 Å². The van der Waals surface area contributed by atoms with Crippen molar-refractivity contribution in [2.24, 2.45) is 0 Å². The molecule has 0 unspecified atom stereocenters. The van der Waals surface area contributed by atoms with Crippen LogP contribution in [0.25, 0.3) is 17.0 Å². The largest absolute Gasteiger partial charge is 0.458 e. The third-order valence-electron chi connectivity index (χ3n) is 4.85. The molecule has 2 aromatic carbocycles. The number of ketones is 1. The van der Waals surface area contributed by atoms with Crippen molar-refractivity contribution in [2.75, 3.05) is 0 Å². The summed E-state index contributed by atoms with van der Waals surface area (Å²) in [7, 11) is 0. The molecule has 0 aliphatic rings. The molecule has 0 N–H and O–H groups in total. The fraction of sp³-hybridized carbons (Fsp3) is 0.208. The van der Waals surface area contributed by atoms with E-state index < -0.39 is 5.97 Å². The van der Waals surface area contributed by atoms with Gasteiger partial charge in [-0.05, 0) is 68.2 Å². The number of fused-ring (bicyclic) bond motifs is 1. The lowest BCUT2D eigenvalue weighted by atomic mass is 9.92. The Morgan fingerprint density at radius 3 is 2.54 bits per heavy atom. The number of hydrogen-bond donors (Lipinski definition) is 0. The molecule has 3 aromatic rings. The number of aromatic nitrogens is 1. The van der Waals surface area contributed by atoms with Gasteiger partial charge < -0.3 is 4.74 Å². The van der Waals surface area contributed by atoms with Crippen LogP contribution in [0, 0.1) is 20.8 Å².